The maximum absolute atomic E-state index is 11.1. The molecule has 0 saturated carbocycles. The van der Waals surface area contributed by atoms with Gasteiger partial charge in [0.25, 0.3) is 0 Å². The fourth-order valence-corrected chi connectivity index (χ4v) is 3.00. The lowest BCUT2D eigenvalue weighted by Gasteiger charge is -2.33. The van der Waals surface area contributed by atoms with E-state index in [0.29, 0.717) is 0 Å². The zero-order chi connectivity index (χ0) is 15.8. The third-order valence-electron chi connectivity index (χ3n) is 4.14. The second kappa shape index (κ2) is 5.51. The average Bonchev–Trinajstić information content (AvgIpc) is 2.86. The van der Waals surface area contributed by atoms with E-state index < -0.39 is 17.5 Å². The van der Waals surface area contributed by atoms with E-state index in [4.69, 9.17) is 9.47 Å². The molecule has 1 N–H and O–H groups in total. The molecule has 0 radical (unpaired) electrons. The van der Waals surface area contributed by atoms with Gasteiger partial charge in [0.15, 0.2) is 5.79 Å². The molecule has 1 aliphatic heterocycles. The molecular weight excluding hydrogens is 276 g/mol. The molecule has 1 fully saturated rings. The van der Waals surface area contributed by atoms with Gasteiger partial charge in [-0.1, -0.05) is 60.7 Å². The molecule has 0 bridgehead atoms. The molecular formula is C19H22O3. The molecule has 3 unspecified atom stereocenters. The van der Waals surface area contributed by atoms with Gasteiger partial charge in [0.2, 0.25) is 0 Å². The highest BCUT2D eigenvalue weighted by Crippen LogP contribution is 2.45. The van der Waals surface area contributed by atoms with Gasteiger partial charge in [-0.15, -0.1) is 0 Å². The van der Waals surface area contributed by atoms with Gasteiger partial charge in [0.1, 0.15) is 17.8 Å². The highest BCUT2D eigenvalue weighted by atomic mass is 16.8. The number of benzene rings is 2. The molecule has 2 aromatic rings. The average molecular weight is 298 g/mol. The maximum Gasteiger partial charge on any atom is 0.164 e. The van der Waals surface area contributed by atoms with Crippen molar-refractivity contribution in [1.82, 2.24) is 0 Å². The lowest BCUT2D eigenvalue weighted by Crippen LogP contribution is -2.40. The standard InChI is InChI=1S/C19H22O3/c1-18(2)21-16(14-10-6-4-7-11-14)17(22-18)19(3,20)15-12-8-5-9-13-15/h4-13,16-17,20H,1-3H3. The molecule has 116 valence electrons. The molecule has 0 aliphatic carbocycles. The van der Waals surface area contributed by atoms with Crippen molar-refractivity contribution in [2.75, 3.05) is 0 Å². The van der Waals surface area contributed by atoms with E-state index in [1.165, 1.54) is 0 Å². The van der Waals surface area contributed by atoms with Crippen LogP contribution in [0.5, 0.6) is 0 Å². The van der Waals surface area contributed by atoms with E-state index in [2.05, 4.69) is 0 Å². The van der Waals surface area contributed by atoms with E-state index >= 15 is 0 Å². The quantitative estimate of drug-likeness (QED) is 0.937. The predicted octanol–water partition coefficient (Wildman–Crippen LogP) is 3.79. The molecule has 1 heterocycles. The number of rotatable bonds is 3. The molecule has 1 aliphatic rings. The van der Waals surface area contributed by atoms with E-state index in [-0.39, 0.29) is 6.10 Å². The Labute approximate surface area is 131 Å². The summed E-state index contributed by atoms with van der Waals surface area (Å²) in [6, 6.07) is 19.5. The minimum Gasteiger partial charge on any atom is -0.383 e. The molecule has 3 rings (SSSR count). The summed E-state index contributed by atoms with van der Waals surface area (Å²) >= 11 is 0. The lowest BCUT2D eigenvalue weighted by molar-refractivity contribution is -0.170. The Kier molecular flexibility index (Phi) is 3.81. The van der Waals surface area contributed by atoms with E-state index in [0.717, 1.165) is 11.1 Å². The summed E-state index contributed by atoms with van der Waals surface area (Å²) in [6.07, 6.45) is -0.793. The highest BCUT2D eigenvalue weighted by Gasteiger charge is 2.51. The van der Waals surface area contributed by atoms with Crippen LogP contribution in [-0.2, 0) is 15.1 Å². The molecule has 3 heteroatoms. The fourth-order valence-electron chi connectivity index (χ4n) is 3.00. The van der Waals surface area contributed by atoms with Gasteiger partial charge >= 0.3 is 0 Å². The van der Waals surface area contributed by atoms with Gasteiger partial charge in [-0.25, -0.2) is 0 Å². The molecule has 2 aromatic carbocycles. The van der Waals surface area contributed by atoms with Crippen LogP contribution in [-0.4, -0.2) is 17.0 Å². The van der Waals surface area contributed by atoms with Gasteiger partial charge in [0, 0.05) is 0 Å². The summed E-state index contributed by atoms with van der Waals surface area (Å²) < 4.78 is 12.1. The van der Waals surface area contributed by atoms with E-state index in [1.54, 1.807) is 6.92 Å². The number of ether oxygens (including phenoxy) is 2. The van der Waals surface area contributed by atoms with Crippen molar-refractivity contribution in [2.24, 2.45) is 0 Å². The fraction of sp³-hybridized carbons (Fsp3) is 0.368. The Balaban J connectivity index is 2.00. The summed E-state index contributed by atoms with van der Waals surface area (Å²) in [6.45, 7) is 5.54. The van der Waals surface area contributed by atoms with Crippen LogP contribution in [0.15, 0.2) is 60.7 Å². The number of hydrogen-bond donors (Lipinski definition) is 1. The van der Waals surface area contributed by atoms with Crippen LogP contribution in [0.2, 0.25) is 0 Å². The van der Waals surface area contributed by atoms with Crippen molar-refractivity contribution >= 4 is 0 Å². The highest BCUT2D eigenvalue weighted by molar-refractivity contribution is 5.27. The van der Waals surface area contributed by atoms with E-state index in [9.17, 15) is 5.11 Å². The smallest absolute Gasteiger partial charge is 0.164 e. The molecule has 0 amide bonds. The van der Waals surface area contributed by atoms with Crippen molar-refractivity contribution in [3.05, 3.63) is 71.8 Å². The monoisotopic (exact) mass is 298 g/mol. The van der Waals surface area contributed by atoms with Crippen LogP contribution in [0.1, 0.15) is 38.0 Å². The van der Waals surface area contributed by atoms with Crippen LogP contribution >= 0.6 is 0 Å². The van der Waals surface area contributed by atoms with E-state index in [1.807, 2.05) is 74.5 Å². The van der Waals surface area contributed by atoms with Crippen molar-refractivity contribution in [1.29, 1.82) is 0 Å². The molecule has 22 heavy (non-hydrogen) atoms. The lowest BCUT2D eigenvalue weighted by atomic mass is 9.85. The van der Waals surface area contributed by atoms with Crippen molar-refractivity contribution in [3.63, 3.8) is 0 Å². The number of hydrogen-bond acceptors (Lipinski definition) is 3. The minimum absolute atomic E-state index is 0.314. The Hall–Kier alpha value is -1.68. The summed E-state index contributed by atoms with van der Waals surface area (Å²) in [5, 5.41) is 11.1. The predicted molar refractivity (Wildman–Crippen MR) is 85.2 cm³/mol. The summed E-state index contributed by atoms with van der Waals surface area (Å²) in [7, 11) is 0. The second-order valence-corrected chi connectivity index (χ2v) is 6.40. The van der Waals surface area contributed by atoms with Crippen LogP contribution in [0.4, 0.5) is 0 Å². The summed E-state index contributed by atoms with van der Waals surface area (Å²) in [5.41, 5.74) is 0.687. The maximum atomic E-state index is 11.1. The van der Waals surface area contributed by atoms with Crippen molar-refractivity contribution in [3.8, 4) is 0 Å². The minimum atomic E-state index is -1.14. The van der Waals surface area contributed by atoms with Crippen molar-refractivity contribution in [2.45, 2.75) is 44.4 Å². The Morgan fingerprint density at radius 3 is 2.05 bits per heavy atom. The van der Waals surface area contributed by atoms with Gasteiger partial charge in [-0.2, -0.15) is 0 Å². The first kappa shape index (κ1) is 15.2. The first-order valence-electron chi connectivity index (χ1n) is 7.59. The number of aliphatic hydroxyl groups is 1. The normalized spacial score (nSPS) is 26.5. The Bertz CT molecular complexity index is 620. The topological polar surface area (TPSA) is 38.7 Å². The Morgan fingerprint density at radius 2 is 1.45 bits per heavy atom. The van der Waals surface area contributed by atoms with Crippen molar-refractivity contribution < 1.29 is 14.6 Å². The second-order valence-electron chi connectivity index (χ2n) is 6.40. The zero-order valence-corrected chi connectivity index (χ0v) is 13.2. The zero-order valence-electron chi connectivity index (χ0n) is 13.2. The molecule has 1 saturated heterocycles. The molecule has 3 nitrogen and oxygen atoms in total. The third kappa shape index (κ3) is 2.80. The summed E-state index contributed by atoms with van der Waals surface area (Å²) in [4.78, 5) is 0. The van der Waals surface area contributed by atoms with Gasteiger partial charge in [-0.3, -0.25) is 0 Å². The summed E-state index contributed by atoms with van der Waals surface area (Å²) in [5.74, 6) is -0.732. The SMILES string of the molecule is CC1(C)OC(c2ccccc2)C(C(C)(O)c2ccccc2)O1. The molecule has 3 atom stereocenters. The first-order valence-corrected chi connectivity index (χ1v) is 7.59. The molecule has 0 spiro atoms. The largest absolute Gasteiger partial charge is 0.383 e. The van der Waals surface area contributed by atoms with Crippen LogP contribution < -0.4 is 0 Å². The van der Waals surface area contributed by atoms with Crippen LogP contribution in [0.3, 0.4) is 0 Å². The van der Waals surface area contributed by atoms with Crippen LogP contribution in [0, 0.1) is 0 Å². The molecule has 0 aromatic heterocycles. The van der Waals surface area contributed by atoms with Gasteiger partial charge in [-0.05, 0) is 31.9 Å². The van der Waals surface area contributed by atoms with Crippen LogP contribution in [0.25, 0.3) is 0 Å². The third-order valence-corrected chi connectivity index (χ3v) is 4.14. The van der Waals surface area contributed by atoms with Gasteiger partial charge in [0.05, 0.1) is 0 Å². The van der Waals surface area contributed by atoms with Gasteiger partial charge < -0.3 is 14.6 Å². The first-order chi connectivity index (χ1) is 10.4. The Morgan fingerprint density at radius 1 is 0.909 bits per heavy atom.